The van der Waals surface area contributed by atoms with Crippen LogP contribution in [0.1, 0.15) is 22.4 Å². The molecule has 1 aliphatic heterocycles. The van der Waals surface area contributed by atoms with Gasteiger partial charge in [-0.3, -0.25) is 4.79 Å². The minimum atomic E-state index is -0.988. The maximum absolute atomic E-state index is 13.3. The summed E-state index contributed by atoms with van der Waals surface area (Å²) in [6.07, 6.45) is -0.988. The maximum Gasteiger partial charge on any atom is 0.272 e. The van der Waals surface area contributed by atoms with Gasteiger partial charge in [0.1, 0.15) is 5.82 Å². The van der Waals surface area contributed by atoms with E-state index in [0.29, 0.717) is 38.4 Å². The number of halogens is 2. The van der Waals surface area contributed by atoms with Crippen molar-refractivity contribution in [2.24, 2.45) is 4.99 Å². The lowest BCUT2D eigenvalue weighted by Gasteiger charge is -2.22. The first-order valence-corrected chi connectivity index (χ1v) is 11.3. The fourth-order valence-electron chi connectivity index (χ4n) is 3.69. The van der Waals surface area contributed by atoms with Crippen molar-refractivity contribution in [3.8, 4) is 0 Å². The highest BCUT2D eigenvalue weighted by Gasteiger charge is 2.31. The molecule has 3 aromatic rings. The molecule has 0 spiro atoms. The maximum atomic E-state index is 13.3. The van der Waals surface area contributed by atoms with Crippen LogP contribution in [0.3, 0.4) is 0 Å². The summed E-state index contributed by atoms with van der Waals surface area (Å²) >= 11 is 18.3. The lowest BCUT2D eigenvalue weighted by atomic mass is 10.00. The quantitative estimate of drug-likeness (QED) is 0.490. The lowest BCUT2D eigenvalue weighted by Crippen LogP contribution is -2.47. The number of anilines is 2. The highest BCUT2D eigenvalue weighted by atomic mass is 35.5. The number of thiocarbonyl (C=S) groups is 1. The Bertz CT molecular complexity index is 1270. The molecule has 1 aromatic heterocycles. The Morgan fingerprint density at radius 1 is 1.06 bits per heavy atom. The Hall–Kier alpha value is -3.00. The average molecular weight is 498 g/mol. The summed E-state index contributed by atoms with van der Waals surface area (Å²) < 4.78 is 0. The van der Waals surface area contributed by atoms with Gasteiger partial charge in [0, 0.05) is 33.9 Å². The third-order valence-corrected chi connectivity index (χ3v) is 5.92. The molecule has 0 bridgehead atoms. The van der Waals surface area contributed by atoms with E-state index >= 15 is 0 Å². The minimum absolute atomic E-state index is 0.227. The molecule has 1 amide bonds. The number of hydrogen-bond acceptors (Lipinski definition) is 4. The van der Waals surface area contributed by atoms with E-state index in [-0.39, 0.29) is 11.0 Å². The largest absolute Gasteiger partial charge is 0.333 e. The molecule has 0 saturated heterocycles. The number of benzodiazepines with no additional fused rings is 1. The number of likely N-dealkylation sites (N-methyl/N-ethyl adjacent to an activating group) is 1. The van der Waals surface area contributed by atoms with E-state index in [1.807, 2.05) is 44.2 Å². The van der Waals surface area contributed by atoms with Crippen molar-refractivity contribution in [2.75, 3.05) is 17.3 Å². The van der Waals surface area contributed by atoms with Gasteiger partial charge < -0.3 is 15.5 Å². The highest BCUT2D eigenvalue weighted by Crippen LogP contribution is 2.31. The Kier molecular flexibility index (Phi) is 6.65. The van der Waals surface area contributed by atoms with E-state index in [2.05, 4.69) is 15.6 Å². The molecule has 0 aliphatic carbocycles. The molecule has 168 valence electrons. The SMILES string of the molecule is Cc1cc(C)nc(NC(=S)NC2N=C(c3ccccc3Cl)c3cc(Cl)ccc3N(C)C2=O)c1. The molecule has 2 heterocycles. The lowest BCUT2D eigenvalue weighted by molar-refractivity contribution is -0.119. The Morgan fingerprint density at radius 2 is 1.82 bits per heavy atom. The van der Waals surface area contributed by atoms with Crippen LogP contribution < -0.4 is 15.5 Å². The summed E-state index contributed by atoms with van der Waals surface area (Å²) in [7, 11) is 1.69. The van der Waals surface area contributed by atoms with Crippen molar-refractivity contribution < 1.29 is 4.79 Å². The summed E-state index contributed by atoms with van der Waals surface area (Å²) in [5.41, 5.74) is 4.50. The molecule has 1 unspecified atom stereocenters. The van der Waals surface area contributed by atoms with Crippen molar-refractivity contribution in [1.29, 1.82) is 0 Å². The molecule has 0 fully saturated rings. The standard InChI is InChI=1S/C24H21Cl2N5OS/c1-13-10-14(2)27-20(11-13)28-24(33)30-22-23(32)31(3)19-9-8-15(25)12-17(19)21(29-22)16-6-4-5-7-18(16)26/h4-12,22H,1-3H3,(H2,27,28,30,33). The third-order valence-electron chi connectivity index (χ3n) is 5.13. The Labute approximate surface area is 207 Å². The molecule has 0 saturated carbocycles. The van der Waals surface area contributed by atoms with Crippen LogP contribution in [0.2, 0.25) is 10.0 Å². The van der Waals surface area contributed by atoms with Crippen molar-refractivity contribution in [3.63, 3.8) is 0 Å². The molecular weight excluding hydrogens is 477 g/mol. The zero-order valence-electron chi connectivity index (χ0n) is 18.2. The van der Waals surface area contributed by atoms with Crippen LogP contribution >= 0.6 is 35.4 Å². The number of amides is 1. The zero-order valence-corrected chi connectivity index (χ0v) is 20.5. The van der Waals surface area contributed by atoms with E-state index < -0.39 is 6.17 Å². The van der Waals surface area contributed by atoms with Gasteiger partial charge in [0.2, 0.25) is 6.17 Å². The number of carbonyl (C=O) groups is 1. The van der Waals surface area contributed by atoms with Gasteiger partial charge in [-0.2, -0.15) is 0 Å². The van der Waals surface area contributed by atoms with Crippen LogP contribution in [0, 0.1) is 13.8 Å². The third kappa shape index (κ3) is 5.00. The first-order valence-electron chi connectivity index (χ1n) is 10.2. The monoisotopic (exact) mass is 497 g/mol. The molecule has 9 heteroatoms. The molecule has 0 radical (unpaired) electrons. The first-order chi connectivity index (χ1) is 15.7. The van der Waals surface area contributed by atoms with Gasteiger partial charge in [0.25, 0.3) is 5.91 Å². The summed E-state index contributed by atoms with van der Waals surface area (Å²) in [6, 6.07) is 16.5. The van der Waals surface area contributed by atoms with Gasteiger partial charge in [-0.1, -0.05) is 41.4 Å². The van der Waals surface area contributed by atoms with Crippen LogP contribution in [0.15, 0.2) is 59.6 Å². The number of aryl methyl sites for hydroxylation is 2. The molecule has 1 atom stereocenters. The average Bonchev–Trinajstić information content (AvgIpc) is 2.84. The molecule has 4 rings (SSSR count). The number of nitrogens with zero attached hydrogens (tertiary/aromatic N) is 3. The van der Waals surface area contributed by atoms with Crippen LogP contribution in [-0.2, 0) is 4.79 Å². The minimum Gasteiger partial charge on any atom is -0.333 e. The Balaban J connectivity index is 1.74. The smallest absolute Gasteiger partial charge is 0.272 e. The molecule has 2 aromatic carbocycles. The van der Waals surface area contributed by atoms with Gasteiger partial charge in [-0.05, 0) is 68.0 Å². The number of nitrogens with one attached hydrogen (secondary N) is 2. The second kappa shape index (κ2) is 9.47. The number of aromatic nitrogens is 1. The van der Waals surface area contributed by atoms with Gasteiger partial charge in [0.05, 0.1) is 11.4 Å². The van der Waals surface area contributed by atoms with Crippen LogP contribution in [0.4, 0.5) is 11.5 Å². The number of hydrogen-bond donors (Lipinski definition) is 2. The van der Waals surface area contributed by atoms with Crippen LogP contribution in [-0.4, -0.2) is 34.9 Å². The summed E-state index contributed by atoms with van der Waals surface area (Å²) in [5, 5.41) is 7.33. The molecular formula is C24H21Cl2N5OS. The number of aliphatic imine (C=N–C) groups is 1. The van der Waals surface area contributed by atoms with Crippen LogP contribution in [0.25, 0.3) is 0 Å². The van der Waals surface area contributed by atoms with Crippen molar-refractivity contribution in [3.05, 3.63) is 87.0 Å². The number of rotatable bonds is 3. The zero-order chi connectivity index (χ0) is 23.7. The first kappa shape index (κ1) is 23.2. The van der Waals surface area contributed by atoms with Crippen molar-refractivity contribution >= 4 is 63.7 Å². The van der Waals surface area contributed by atoms with E-state index in [1.165, 1.54) is 4.90 Å². The number of fused-ring (bicyclic) bond motifs is 1. The van der Waals surface area contributed by atoms with E-state index in [4.69, 9.17) is 40.4 Å². The normalized spacial score (nSPS) is 15.4. The topological polar surface area (TPSA) is 69.6 Å². The Morgan fingerprint density at radius 3 is 2.55 bits per heavy atom. The molecule has 2 N–H and O–H groups in total. The fraction of sp³-hybridized carbons (Fsp3) is 0.167. The van der Waals surface area contributed by atoms with Gasteiger partial charge in [-0.15, -0.1) is 0 Å². The number of pyridine rings is 1. The summed E-state index contributed by atoms with van der Waals surface area (Å²) in [6.45, 7) is 3.88. The molecule has 1 aliphatic rings. The fourth-order valence-corrected chi connectivity index (χ4v) is 4.30. The summed E-state index contributed by atoms with van der Waals surface area (Å²) in [4.78, 5) is 24.1. The van der Waals surface area contributed by atoms with Crippen LogP contribution in [0.5, 0.6) is 0 Å². The van der Waals surface area contributed by atoms with E-state index in [0.717, 1.165) is 11.3 Å². The molecule has 33 heavy (non-hydrogen) atoms. The molecule has 6 nitrogen and oxygen atoms in total. The van der Waals surface area contributed by atoms with Gasteiger partial charge in [0.15, 0.2) is 5.11 Å². The predicted molar refractivity (Wildman–Crippen MR) is 139 cm³/mol. The second-order valence-corrected chi connectivity index (χ2v) is 8.94. The van der Waals surface area contributed by atoms with Crippen molar-refractivity contribution in [2.45, 2.75) is 20.0 Å². The highest BCUT2D eigenvalue weighted by molar-refractivity contribution is 7.80. The second-order valence-electron chi connectivity index (χ2n) is 7.69. The number of carbonyl (C=O) groups excluding carboxylic acids is 1. The van der Waals surface area contributed by atoms with E-state index in [9.17, 15) is 4.79 Å². The number of benzene rings is 2. The van der Waals surface area contributed by atoms with E-state index in [1.54, 1.807) is 31.3 Å². The van der Waals surface area contributed by atoms with Crippen molar-refractivity contribution in [1.82, 2.24) is 10.3 Å². The van der Waals surface area contributed by atoms with Gasteiger partial charge >= 0.3 is 0 Å². The predicted octanol–water partition coefficient (Wildman–Crippen LogP) is 5.13. The van der Waals surface area contributed by atoms with Gasteiger partial charge in [-0.25, -0.2) is 9.98 Å². The summed E-state index contributed by atoms with van der Waals surface area (Å²) in [5.74, 6) is 0.308.